The largest absolute Gasteiger partial charge is 0.458 e. The number of aliphatic hydroxyl groups is 2. The van der Waals surface area contributed by atoms with Crippen LogP contribution in [-0.2, 0) is 19.1 Å². The Morgan fingerprint density at radius 2 is 1.86 bits per heavy atom. The number of hydrogen-bond donors (Lipinski definition) is 2. The van der Waals surface area contributed by atoms with Crippen LogP contribution in [0.15, 0.2) is 11.0 Å². The first-order valence-corrected chi connectivity index (χ1v) is 13.6. The molecule has 7 atom stereocenters. The smallest absolute Gasteiger partial charge is 0.309 e. The lowest BCUT2D eigenvalue weighted by atomic mass is 9.73. The van der Waals surface area contributed by atoms with Gasteiger partial charge in [-0.3, -0.25) is 14.4 Å². The molecule has 1 aromatic rings. The van der Waals surface area contributed by atoms with E-state index >= 15 is 0 Å². The molecule has 0 aromatic carbocycles. The van der Waals surface area contributed by atoms with Crippen molar-refractivity contribution in [3.63, 3.8) is 0 Å². The predicted octanol–water partition coefficient (Wildman–Crippen LogP) is 3.98. The van der Waals surface area contributed by atoms with E-state index in [4.69, 9.17) is 9.47 Å². The van der Waals surface area contributed by atoms with Crippen LogP contribution in [-0.4, -0.2) is 63.3 Å². The fourth-order valence-electron chi connectivity index (χ4n) is 4.85. The van der Waals surface area contributed by atoms with Gasteiger partial charge < -0.3 is 19.7 Å². The van der Waals surface area contributed by atoms with E-state index in [1.54, 1.807) is 32.2 Å². The van der Waals surface area contributed by atoms with E-state index < -0.39 is 35.6 Å². The van der Waals surface area contributed by atoms with Gasteiger partial charge in [0.1, 0.15) is 11.9 Å². The Labute approximate surface area is 217 Å². The molecular weight excluding hydrogens is 482 g/mol. The predicted molar refractivity (Wildman–Crippen MR) is 137 cm³/mol. The Kier molecular flexibility index (Phi) is 9.25. The average Bonchev–Trinajstić information content (AvgIpc) is 3.36. The fourth-order valence-corrected chi connectivity index (χ4v) is 5.53. The SMILES string of the molecule is CC(=O)c1nc(/C=C(\C)[C@@H]2C[C@@H]3O[C@H]3CCC[C@@H](C)[C@H](O)[C@@H](C)C(=O)C(C)(C)[C@@H](O)CC(=O)O2)cs1. The molecule has 2 fully saturated rings. The maximum atomic E-state index is 13.2. The van der Waals surface area contributed by atoms with Crippen molar-refractivity contribution in [2.24, 2.45) is 17.3 Å². The highest BCUT2D eigenvalue weighted by molar-refractivity contribution is 7.11. The van der Waals surface area contributed by atoms with Crippen molar-refractivity contribution in [3.8, 4) is 0 Å². The molecule has 2 N–H and O–H groups in total. The summed E-state index contributed by atoms with van der Waals surface area (Å²) in [5.74, 6) is -1.76. The molecular formula is C27H39NO7S. The second-order valence-corrected chi connectivity index (χ2v) is 11.8. The summed E-state index contributed by atoms with van der Waals surface area (Å²) in [6, 6.07) is 0. The number of ether oxygens (including phenoxy) is 2. The number of epoxide rings is 1. The molecule has 200 valence electrons. The average molecular weight is 522 g/mol. The zero-order valence-corrected chi connectivity index (χ0v) is 22.8. The van der Waals surface area contributed by atoms with Crippen LogP contribution < -0.4 is 0 Å². The Hall–Kier alpha value is -1.94. The van der Waals surface area contributed by atoms with Crippen molar-refractivity contribution < 1.29 is 34.1 Å². The van der Waals surface area contributed by atoms with E-state index in [0.717, 1.165) is 24.8 Å². The third kappa shape index (κ3) is 6.88. The first-order valence-electron chi connectivity index (χ1n) is 12.7. The second kappa shape index (κ2) is 11.6. The highest BCUT2D eigenvalue weighted by Gasteiger charge is 2.44. The number of carbonyl (C=O) groups excluding carboxylic acids is 3. The van der Waals surface area contributed by atoms with Gasteiger partial charge in [-0.15, -0.1) is 11.3 Å². The van der Waals surface area contributed by atoms with Crippen LogP contribution in [0.4, 0.5) is 0 Å². The van der Waals surface area contributed by atoms with Gasteiger partial charge in [0.05, 0.1) is 41.9 Å². The highest BCUT2D eigenvalue weighted by Crippen LogP contribution is 2.36. The Morgan fingerprint density at radius 3 is 2.50 bits per heavy atom. The van der Waals surface area contributed by atoms with Gasteiger partial charge in [-0.05, 0) is 37.3 Å². The fraction of sp³-hybridized carbons (Fsp3) is 0.704. The number of carbonyl (C=O) groups is 3. The lowest BCUT2D eigenvalue weighted by Gasteiger charge is -2.34. The molecule has 1 aromatic heterocycles. The summed E-state index contributed by atoms with van der Waals surface area (Å²) in [7, 11) is 0. The monoisotopic (exact) mass is 521 g/mol. The molecule has 8 nitrogen and oxygen atoms in total. The summed E-state index contributed by atoms with van der Waals surface area (Å²) < 4.78 is 11.7. The first-order chi connectivity index (χ1) is 16.8. The minimum Gasteiger partial charge on any atom is -0.458 e. The van der Waals surface area contributed by atoms with Crippen LogP contribution in [0.2, 0.25) is 0 Å². The Morgan fingerprint density at radius 1 is 1.17 bits per heavy atom. The molecule has 3 heterocycles. The number of aliphatic hydroxyl groups excluding tert-OH is 2. The van der Waals surface area contributed by atoms with Crippen LogP contribution in [0.5, 0.6) is 0 Å². The summed E-state index contributed by atoms with van der Waals surface area (Å²) in [4.78, 5) is 42.0. The number of aromatic nitrogens is 1. The summed E-state index contributed by atoms with van der Waals surface area (Å²) in [5, 5.41) is 23.8. The summed E-state index contributed by atoms with van der Waals surface area (Å²) in [6.45, 7) is 10.1. The Bertz CT molecular complexity index is 1000. The zero-order chi connectivity index (χ0) is 26.8. The van der Waals surface area contributed by atoms with Crippen molar-refractivity contribution in [3.05, 3.63) is 21.7 Å². The van der Waals surface area contributed by atoms with Crippen LogP contribution in [0.1, 0.15) is 89.1 Å². The van der Waals surface area contributed by atoms with Crippen LogP contribution in [0, 0.1) is 17.3 Å². The molecule has 0 radical (unpaired) electrons. The second-order valence-electron chi connectivity index (χ2n) is 10.9. The highest BCUT2D eigenvalue weighted by atomic mass is 32.1. The molecule has 9 heteroatoms. The molecule has 0 amide bonds. The van der Waals surface area contributed by atoms with E-state index in [2.05, 4.69) is 4.98 Å². The number of hydrogen-bond acceptors (Lipinski definition) is 9. The van der Waals surface area contributed by atoms with Gasteiger partial charge in [0.25, 0.3) is 0 Å². The number of rotatable bonds is 3. The standard InChI is InChI=1S/C27H39NO7S/c1-14-8-7-9-19-21(34-19)11-20(15(2)10-18-13-36-26(28-18)17(4)29)35-23(31)12-22(30)27(5,6)25(33)16(3)24(14)32/h10,13-14,16,19-22,24,30,32H,7-9,11-12H2,1-6H3/b15-10+/t14-,16-,19+,20+,21+,22+,24+/m1/s1. The third-order valence-electron chi connectivity index (χ3n) is 7.60. The normalized spacial score (nSPS) is 34.6. The Balaban J connectivity index is 1.82. The molecule has 2 saturated heterocycles. The number of ketones is 2. The van der Waals surface area contributed by atoms with Crippen molar-refractivity contribution >= 4 is 34.9 Å². The number of fused-ring (bicyclic) bond motifs is 1. The number of esters is 1. The van der Waals surface area contributed by atoms with Crippen LogP contribution >= 0.6 is 11.3 Å². The molecule has 0 saturated carbocycles. The number of cyclic esters (lactones) is 1. The maximum Gasteiger partial charge on any atom is 0.309 e. The molecule has 36 heavy (non-hydrogen) atoms. The van der Waals surface area contributed by atoms with Gasteiger partial charge in [-0.2, -0.15) is 0 Å². The lowest BCUT2D eigenvalue weighted by Crippen LogP contribution is -2.45. The number of thiazole rings is 1. The van der Waals surface area contributed by atoms with Gasteiger partial charge in [-0.1, -0.05) is 34.1 Å². The number of nitrogens with zero attached hydrogens (tertiary/aromatic N) is 1. The van der Waals surface area contributed by atoms with Gasteiger partial charge in [0.2, 0.25) is 0 Å². The van der Waals surface area contributed by atoms with Crippen LogP contribution in [0.3, 0.4) is 0 Å². The lowest BCUT2D eigenvalue weighted by molar-refractivity contribution is -0.154. The molecule has 2 aliphatic heterocycles. The van der Waals surface area contributed by atoms with E-state index in [1.165, 1.54) is 18.3 Å². The van der Waals surface area contributed by atoms with Crippen LogP contribution in [0.25, 0.3) is 6.08 Å². The van der Waals surface area contributed by atoms with E-state index in [0.29, 0.717) is 17.1 Å². The van der Waals surface area contributed by atoms with Crippen molar-refractivity contribution in [1.29, 1.82) is 0 Å². The molecule has 0 aliphatic carbocycles. The summed E-state index contributed by atoms with van der Waals surface area (Å²) in [5.41, 5.74) is 0.145. The van der Waals surface area contributed by atoms with Gasteiger partial charge >= 0.3 is 5.97 Å². The molecule has 0 unspecified atom stereocenters. The minimum atomic E-state index is -1.26. The first kappa shape index (κ1) is 28.6. The van der Waals surface area contributed by atoms with E-state index in [-0.39, 0.29) is 36.1 Å². The van der Waals surface area contributed by atoms with Crippen molar-refractivity contribution in [1.82, 2.24) is 4.98 Å². The van der Waals surface area contributed by atoms with Crippen molar-refractivity contribution in [2.45, 2.75) is 104 Å². The zero-order valence-electron chi connectivity index (χ0n) is 22.0. The van der Waals surface area contributed by atoms with Gasteiger partial charge in [0, 0.05) is 24.6 Å². The van der Waals surface area contributed by atoms with E-state index in [1.807, 2.05) is 13.8 Å². The maximum absolute atomic E-state index is 13.2. The molecule has 0 bridgehead atoms. The van der Waals surface area contributed by atoms with Gasteiger partial charge in [-0.25, -0.2) is 4.98 Å². The number of Topliss-reactive ketones (excluding diaryl/α,β-unsaturated/α-hetero) is 2. The molecule has 2 aliphatic rings. The summed E-state index contributed by atoms with van der Waals surface area (Å²) in [6.07, 6.45) is 1.68. The minimum absolute atomic E-state index is 0.0515. The molecule has 0 spiro atoms. The summed E-state index contributed by atoms with van der Waals surface area (Å²) >= 11 is 1.26. The van der Waals surface area contributed by atoms with E-state index in [9.17, 15) is 24.6 Å². The van der Waals surface area contributed by atoms with Crippen molar-refractivity contribution in [2.75, 3.05) is 0 Å². The van der Waals surface area contributed by atoms with Gasteiger partial charge in [0.15, 0.2) is 10.8 Å². The molecule has 3 rings (SSSR count). The topological polar surface area (TPSA) is 126 Å². The quantitative estimate of drug-likeness (QED) is 0.347. The third-order valence-corrected chi connectivity index (χ3v) is 8.56.